The first kappa shape index (κ1) is 13.6. The quantitative estimate of drug-likeness (QED) is 0.808. The molecule has 0 aliphatic rings. The van der Waals surface area contributed by atoms with Gasteiger partial charge in [-0.25, -0.2) is 4.68 Å². The number of para-hydroxylation sites is 2. The number of ether oxygens (including phenoxy) is 1. The fourth-order valence-corrected chi connectivity index (χ4v) is 2.01. The molecule has 0 radical (unpaired) electrons. The third-order valence-electron chi connectivity index (χ3n) is 2.70. The van der Waals surface area contributed by atoms with E-state index in [9.17, 15) is 4.79 Å². The molecule has 0 amide bonds. The Morgan fingerprint density at radius 3 is 2.79 bits per heavy atom. The average Bonchev–Trinajstić information content (AvgIpc) is 2.40. The molecule has 0 N–H and O–H groups in total. The minimum absolute atomic E-state index is 0.0932. The number of hydrogen-bond acceptors (Lipinski definition) is 3. The Balaban J connectivity index is 2.61. The van der Waals surface area contributed by atoms with Crippen LogP contribution in [0.25, 0.3) is 5.69 Å². The Hall–Kier alpha value is -1.81. The molecule has 1 aromatic heterocycles. The maximum atomic E-state index is 11.7. The molecule has 4 nitrogen and oxygen atoms in total. The van der Waals surface area contributed by atoms with Gasteiger partial charge < -0.3 is 4.74 Å². The van der Waals surface area contributed by atoms with Gasteiger partial charge in [0.05, 0.1) is 12.5 Å². The molecule has 19 heavy (non-hydrogen) atoms. The van der Waals surface area contributed by atoms with Crippen molar-refractivity contribution in [1.29, 1.82) is 0 Å². The normalized spacial score (nSPS) is 10.5. The zero-order chi connectivity index (χ0) is 13.8. The lowest BCUT2D eigenvalue weighted by Crippen LogP contribution is -2.18. The first-order chi connectivity index (χ1) is 9.17. The molecule has 5 heteroatoms. The standard InChI is InChI=1S/C14H15ClN2O2/c1-3-19-14-7-5-4-6-12(14)17-10(2)8-13(18)11(9-15)16-17/h4-8H,3,9H2,1-2H3. The third-order valence-corrected chi connectivity index (χ3v) is 2.95. The lowest BCUT2D eigenvalue weighted by Gasteiger charge is -2.14. The zero-order valence-electron chi connectivity index (χ0n) is 10.9. The van der Waals surface area contributed by atoms with E-state index in [0.29, 0.717) is 12.3 Å². The number of rotatable bonds is 4. The van der Waals surface area contributed by atoms with Crippen molar-refractivity contribution in [2.75, 3.05) is 6.61 Å². The van der Waals surface area contributed by atoms with E-state index in [1.165, 1.54) is 6.07 Å². The van der Waals surface area contributed by atoms with E-state index in [4.69, 9.17) is 16.3 Å². The van der Waals surface area contributed by atoms with E-state index in [1.54, 1.807) is 4.68 Å². The molecular formula is C14H15ClN2O2. The minimum atomic E-state index is -0.141. The van der Waals surface area contributed by atoms with Gasteiger partial charge in [0, 0.05) is 11.8 Å². The summed E-state index contributed by atoms with van der Waals surface area (Å²) < 4.78 is 7.26. The van der Waals surface area contributed by atoms with E-state index in [0.717, 1.165) is 17.1 Å². The number of nitrogens with zero attached hydrogens (tertiary/aromatic N) is 2. The largest absolute Gasteiger partial charge is 0.492 e. The number of alkyl halides is 1. The topological polar surface area (TPSA) is 44.1 Å². The second kappa shape index (κ2) is 5.89. The van der Waals surface area contributed by atoms with Crippen molar-refractivity contribution < 1.29 is 4.74 Å². The van der Waals surface area contributed by atoms with E-state index < -0.39 is 0 Å². The Morgan fingerprint density at radius 2 is 2.11 bits per heavy atom. The molecule has 0 fully saturated rings. The highest BCUT2D eigenvalue weighted by atomic mass is 35.5. The van der Waals surface area contributed by atoms with E-state index in [-0.39, 0.29) is 11.3 Å². The molecule has 0 aliphatic heterocycles. The van der Waals surface area contributed by atoms with Gasteiger partial charge in [-0.3, -0.25) is 4.79 Å². The molecule has 0 bridgehead atoms. The lowest BCUT2D eigenvalue weighted by molar-refractivity contribution is 0.338. The van der Waals surface area contributed by atoms with Gasteiger partial charge in [0.15, 0.2) is 0 Å². The van der Waals surface area contributed by atoms with Crippen LogP contribution in [0.2, 0.25) is 0 Å². The Kier molecular flexibility index (Phi) is 4.22. The van der Waals surface area contributed by atoms with Crippen LogP contribution < -0.4 is 10.2 Å². The van der Waals surface area contributed by atoms with Crippen LogP contribution in [-0.2, 0) is 5.88 Å². The summed E-state index contributed by atoms with van der Waals surface area (Å²) in [4.78, 5) is 11.7. The first-order valence-electron chi connectivity index (χ1n) is 6.05. The van der Waals surface area contributed by atoms with Crippen molar-refractivity contribution in [3.8, 4) is 11.4 Å². The van der Waals surface area contributed by atoms with Crippen LogP contribution in [0.5, 0.6) is 5.75 Å². The van der Waals surface area contributed by atoms with Crippen LogP contribution in [-0.4, -0.2) is 16.4 Å². The van der Waals surface area contributed by atoms with Gasteiger partial charge in [-0.1, -0.05) is 12.1 Å². The van der Waals surface area contributed by atoms with Gasteiger partial charge in [0.1, 0.15) is 17.1 Å². The monoisotopic (exact) mass is 278 g/mol. The molecular weight excluding hydrogens is 264 g/mol. The van der Waals surface area contributed by atoms with Crippen LogP contribution in [0.15, 0.2) is 35.1 Å². The molecule has 0 spiro atoms. The smallest absolute Gasteiger partial charge is 0.204 e. The number of hydrogen-bond donors (Lipinski definition) is 0. The molecule has 100 valence electrons. The van der Waals surface area contributed by atoms with Crippen molar-refractivity contribution >= 4 is 11.6 Å². The molecule has 0 saturated heterocycles. The summed E-state index contributed by atoms with van der Waals surface area (Å²) in [6.45, 7) is 4.32. The minimum Gasteiger partial charge on any atom is -0.492 e. The highest BCUT2D eigenvalue weighted by Gasteiger charge is 2.10. The van der Waals surface area contributed by atoms with Crippen LogP contribution in [0.3, 0.4) is 0 Å². The summed E-state index contributed by atoms with van der Waals surface area (Å²) in [5.74, 6) is 0.820. The van der Waals surface area contributed by atoms with E-state index >= 15 is 0 Å². The van der Waals surface area contributed by atoms with Crippen molar-refractivity contribution in [1.82, 2.24) is 9.78 Å². The summed E-state index contributed by atoms with van der Waals surface area (Å²) in [7, 11) is 0. The number of halogens is 1. The molecule has 2 aromatic rings. The summed E-state index contributed by atoms with van der Waals surface area (Å²) in [5, 5.41) is 4.30. The average molecular weight is 279 g/mol. The van der Waals surface area contributed by atoms with E-state index in [2.05, 4.69) is 5.10 Å². The number of aryl methyl sites for hydroxylation is 1. The fraction of sp³-hybridized carbons (Fsp3) is 0.286. The Labute approximate surface area is 116 Å². The van der Waals surface area contributed by atoms with Crippen LogP contribution in [0.1, 0.15) is 18.3 Å². The zero-order valence-corrected chi connectivity index (χ0v) is 11.6. The lowest BCUT2D eigenvalue weighted by atomic mass is 10.2. The first-order valence-corrected chi connectivity index (χ1v) is 6.58. The van der Waals surface area contributed by atoms with Crippen molar-refractivity contribution in [2.45, 2.75) is 19.7 Å². The molecule has 1 aromatic carbocycles. The highest BCUT2D eigenvalue weighted by Crippen LogP contribution is 2.22. The second-order valence-electron chi connectivity index (χ2n) is 4.04. The van der Waals surface area contributed by atoms with Crippen molar-refractivity contribution in [3.63, 3.8) is 0 Å². The summed E-state index contributed by atoms with van der Waals surface area (Å²) in [6, 6.07) is 9.10. The van der Waals surface area contributed by atoms with Crippen molar-refractivity contribution in [3.05, 3.63) is 51.9 Å². The molecule has 0 unspecified atom stereocenters. The Bertz CT molecular complexity index is 638. The van der Waals surface area contributed by atoms with E-state index in [1.807, 2.05) is 38.1 Å². The molecule has 0 aliphatic carbocycles. The van der Waals surface area contributed by atoms with Gasteiger partial charge in [-0.05, 0) is 26.0 Å². The predicted molar refractivity (Wildman–Crippen MR) is 75.3 cm³/mol. The second-order valence-corrected chi connectivity index (χ2v) is 4.31. The summed E-state index contributed by atoms with van der Waals surface area (Å²) in [5.41, 5.74) is 1.73. The van der Waals surface area contributed by atoms with Gasteiger partial charge in [-0.2, -0.15) is 5.10 Å². The number of benzene rings is 1. The number of aromatic nitrogens is 2. The predicted octanol–water partition coefficient (Wildman–Crippen LogP) is 2.68. The maximum absolute atomic E-state index is 11.7. The molecule has 0 saturated carbocycles. The highest BCUT2D eigenvalue weighted by molar-refractivity contribution is 6.16. The summed E-state index contributed by atoms with van der Waals surface area (Å²) >= 11 is 5.74. The van der Waals surface area contributed by atoms with Crippen LogP contribution in [0, 0.1) is 6.92 Å². The third kappa shape index (κ3) is 2.79. The van der Waals surface area contributed by atoms with Gasteiger partial charge in [0.2, 0.25) is 5.43 Å². The summed E-state index contributed by atoms with van der Waals surface area (Å²) in [6.07, 6.45) is 0. The van der Waals surface area contributed by atoms with Gasteiger partial charge in [-0.15, -0.1) is 11.6 Å². The van der Waals surface area contributed by atoms with Crippen molar-refractivity contribution in [2.24, 2.45) is 0 Å². The maximum Gasteiger partial charge on any atom is 0.204 e. The van der Waals surface area contributed by atoms with Gasteiger partial charge in [0.25, 0.3) is 0 Å². The van der Waals surface area contributed by atoms with Crippen LogP contribution in [0.4, 0.5) is 0 Å². The molecule has 0 atom stereocenters. The van der Waals surface area contributed by atoms with Crippen LogP contribution >= 0.6 is 11.6 Å². The van der Waals surface area contributed by atoms with Gasteiger partial charge >= 0.3 is 0 Å². The molecule has 1 heterocycles. The Morgan fingerprint density at radius 1 is 1.37 bits per heavy atom. The SMILES string of the molecule is CCOc1ccccc1-n1nc(CCl)c(=O)cc1C. The fourth-order valence-electron chi connectivity index (χ4n) is 1.83. The molecule has 2 rings (SSSR count).